The minimum atomic E-state index is -0.941. The first kappa shape index (κ1) is 61.5. The van der Waals surface area contributed by atoms with Gasteiger partial charge in [-0.3, -0.25) is 19.2 Å². The van der Waals surface area contributed by atoms with Gasteiger partial charge in [-0.2, -0.15) is 10.5 Å². The van der Waals surface area contributed by atoms with Gasteiger partial charge in [-0.05, 0) is 123 Å². The van der Waals surface area contributed by atoms with Crippen LogP contribution in [0, 0.1) is 36.5 Å². The van der Waals surface area contributed by atoms with Crippen LogP contribution in [-0.2, 0) is 44.9 Å². The normalized spacial score (nSPS) is 14.2. The van der Waals surface area contributed by atoms with Crippen molar-refractivity contribution in [3.8, 4) is 12.1 Å². The number of allylic oxidation sites excluding steroid dienone is 2. The molecule has 12 nitrogen and oxygen atoms in total. The fourth-order valence-electron chi connectivity index (χ4n) is 9.60. The van der Waals surface area contributed by atoms with E-state index in [9.17, 15) is 39.9 Å². The monoisotopic (exact) mass is 1030 g/mol. The third kappa shape index (κ3) is 17.4. The molecule has 2 aliphatic heterocycles. The molecule has 0 fully saturated rings. The van der Waals surface area contributed by atoms with E-state index in [2.05, 4.69) is 71.6 Å². The Balaban J connectivity index is 0.000000411. The van der Waals surface area contributed by atoms with Gasteiger partial charge in [0.2, 0.25) is 0 Å². The van der Waals surface area contributed by atoms with Crippen molar-refractivity contribution in [1.82, 2.24) is 15.3 Å². The van der Waals surface area contributed by atoms with E-state index in [-0.39, 0.29) is 49.9 Å². The summed E-state index contributed by atoms with van der Waals surface area (Å²) >= 11 is 0. The number of aromatic nitrogens is 2. The second-order valence-corrected chi connectivity index (χ2v) is 19.3. The first-order valence-electron chi connectivity index (χ1n) is 26.5. The Morgan fingerprint density at radius 1 is 0.608 bits per heavy atom. The van der Waals surface area contributed by atoms with Crippen molar-refractivity contribution in [2.24, 2.45) is 4.99 Å². The molecule has 13 heteroatoms. The zero-order chi connectivity index (χ0) is 53.5. The topological polar surface area (TPSA) is 212 Å². The standard InChI is InChI=1S/C33H34N4O6.C28H44N2.ClH/c1-7-20-19(6)32(42)37-27(20)14-25-18(5)23(10-12-31(40)41)29(35-25)15-28-22(9-11-30(38)39)17(4)24(34-28)13-26-16(3)21(8-2)33(43)36-26;1-3-5-7-9-11-13-15-17-19-25-21-22-26(28(24-30)27(25)23-29)20-18-16-14-12-10-8-6-4-2;/h7-8,13-15,34-35H,1-2,9-12H2,3-6H3,(H,37,42)(H,38,39)(H,40,41);21-22H,3-20H2,1-2H3;1H/b24-13?,27-14-,28-15-;;. The van der Waals surface area contributed by atoms with Gasteiger partial charge in [-0.15, -0.1) is 12.4 Å². The number of hydrogen-bond acceptors (Lipinski definition) is 6. The van der Waals surface area contributed by atoms with Crippen molar-refractivity contribution in [2.75, 3.05) is 0 Å². The molecular weight excluding hydrogens is 948 g/mol. The molecule has 0 atom stereocenters. The fraction of sp³-hybridized carbons (Fsp3) is 0.459. The number of aromatic amines is 2. The van der Waals surface area contributed by atoms with Crippen LogP contribution in [0.2, 0.25) is 0 Å². The van der Waals surface area contributed by atoms with Crippen LogP contribution in [-0.4, -0.2) is 49.6 Å². The Hall–Kier alpha value is -6.76. The Bertz CT molecular complexity index is 2800. The summed E-state index contributed by atoms with van der Waals surface area (Å²) < 4.78 is 0. The van der Waals surface area contributed by atoms with E-state index >= 15 is 0 Å². The third-order valence-electron chi connectivity index (χ3n) is 14.1. The number of carboxylic acid groups (broad SMARTS) is 2. The van der Waals surface area contributed by atoms with Crippen LogP contribution in [0.1, 0.15) is 199 Å². The van der Waals surface area contributed by atoms with E-state index in [4.69, 9.17) is 0 Å². The number of carbonyl (C=O) groups is 4. The summed E-state index contributed by atoms with van der Waals surface area (Å²) in [5.74, 6) is -2.46. The molecule has 4 heterocycles. The number of amides is 2. The number of nitriles is 2. The highest BCUT2D eigenvalue weighted by Gasteiger charge is 2.24. The number of benzene rings is 1. The Morgan fingerprint density at radius 2 is 1.09 bits per heavy atom. The van der Waals surface area contributed by atoms with Crippen LogP contribution in [0.4, 0.5) is 0 Å². The molecular formula is C61H79ClN6O6. The molecule has 396 valence electrons. The maximum absolute atomic E-state index is 12.3. The number of unbranched alkanes of at least 4 members (excludes halogenated alkanes) is 14. The highest BCUT2D eigenvalue weighted by molar-refractivity contribution is 6.31. The molecule has 0 bridgehead atoms. The molecule has 0 aliphatic carbocycles. The van der Waals surface area contributed by atoms with Gasteiger partial charge in [-0.25, -0.2) is 4.99 Å². The molecule has 2 aromatic heterocycles. The summed E-state index contributed by atoms with van der Waals surface area (Å²) in [6, 6.07) is 8.90. The Morgan fingerprint density at radius 3 is 1.55 bits per heavy atom. The minimum absolute atomic E-state index is 0. The first-order chi connectivity index (χ1) is 35.1. The second-order valence-electron chi connectivity index (χ2n) is 19.3. The molecule has 0 saturated carbocycles. The van der Waals surface area contributed by atoms with E-state index < -0.39 is 11.9 Å². The lowest BCUT2D eigenvalue weighted by atomic mass is 9.91. The van der Waals surface area contributed by atoms with Crippen LogP contribution in [0.15, 0.2) is 70.4 Å². The Labute approximate surface area is 445 Å². The van der Waals surface area contributed by atoms with Crippen LogP contribution in [0.5, 0.6) is 0 Å². The lowest BCUT2D eigenvalue weighted by Crippen LogP contribution is -2.15. The lowest BCUT2D eigenvalue weighted by molar-refractivity contribution is -0.138. The maximum Gasteiger partial charge on any atom is 0.303 e. The number of rotatable bonds is 29. The second kappa shape index (κ2) is 31.7. The van der Waals surface area contributed by atoms with Gasteiger partial charge < -0.3 is 25.5 Å². The molecule has 3 aromatic rings. The Kier molecular flexibility index (Phi) is 26.4. The number of aliphatic imine (C=N–C) groups is 1. The molecule has 1 aromatic carbocycles. The molecule has 0 saturated heterocycles. The molecule has 74 heavy (non-hydrogen) atoms. The summed E-state index contributed by atoms with van der Waals surface area (Å²) in [7, 11) is 0. The van der Waals surface area contributed by atoms with Crippen LogP contribution >= 0.6 is 12.4 Å². The average molecular weight is 1030 g/mol. The minimum Gasteiger partial charge on any atom is -0.481 e. The zero-order valence-electron chi connectivity index (χ0n) is 44.8. The number of aryl methyl sites for hydroxylation is 2. The smallest absolute Gasteiger partial charge is 0.303 e. The van der Waals surface area contributed by atoms with Crippen molar-refractivity contribution in [3.05, 3.63) is 132 Å². The van der Waals surface area contributed by atoms with Crippen molar-refractivity contribution >= 4 is 60.1 Å². The maximum atomic E-state index is 12.3. The highest BCUT2D eigenvalue weighted by Crippen LogP contribution is 2.28. The number of halogens is 1. The number of aliphatic carboxylic acids is 2. The van der Waals surface area contributed by atoms with Crippen molar-refractivity contribution < 1.29 is 29.4 Å². The summed E-state index contributed by atoms with van der Waals surface area (Å²) in [5.41, 5.74) is 11.4. The van der Waals surface area contributed by atoms with Gasteiger partial charge >= 0.3 is 11.9 Å². The third-order valence-corrected chi connectivity index (χ3v) is 14.1. The highest BCUT2D eigenvalue weighted by atomic mass is 35.5. The lowest BCUT2D eigenvalue weighted by Gasteiger charge is -2.11. The van der Waals surface area contributed by atoms with Crippen molar-refractivity contribution in [2.45, 2.75) is 183 Å². The van der Waals surface area contributed by atoms with E-state index in [1.54, 1.807) is 32.1 Å². The van der Waals surface area contributed by atoms with Crippen molar-refractivity contribution in [3.63, 3.8) is 0 Å². The van der Waals surface area contributed by atoms with Crippen LogP contribution in [0.3, 0.4) is 0 Å². The van der Waals surface area contributed by atoms with Gasteiger partial charge in [0.05, 0.1) is 22.5 Å². The number of hydrogen-bond donors (Lipinski definition) is 5. The van der Waals surface area contributed by atoms with E-state index in [0.717, 1.165) is 59.1 Å². The molecule has 2 amide bonds. The van der Waals surface area contributed by atoms with Gasteiger partial charge in [-0.1, -0.05) is 141 Å². The van der Waals surface area contributed by atoms with E-state index in [1.165, 1.54) is 96.0 Å². The molecule has 0 radical (unpaired) electrons. The molecule has 2 aliphatic rings. The molecule has 0 unspecified atom stereocenters. The van der Waals surface area contributed by atoms with Crippen LogP contribution in [0.25, 0.3) is 18.2 Å². The number of nitrogens with one attached hydrogen (secondary N) is 3. The number of carbonyl (C=O) groups excluding carboxylic acids is 2. The fourth-order valence-corrected chi connectivity index (χ4v) is 9.60. The van der Waals surface area contributed by atoms with Gasteiger partial charge in [0, 0.05) is 51.6 Å². The van der Waals surface area contributed by atoms with E-state index in [1.807, 2.05) is 19.9 Å². The predicted octanol–water partition coefficient (Wildman–Crippen LogP) is 12.3. The van der Waals surface area contributed by atoms with Crippen molar-refractivity contribution in [1.29, 1.82) is 10.5 Å². The summed E-state index contributed by atoms with van der Waals surface area (Å²) in [5, 5.41) is 42.4. The van der Waals surface area contributed by atoms with Crippen LogP contribution < -0.4 is 16.0 Å². The van der Waals surface area contributed by atoms with E-state index in [0.29, 0.717) is 66.9 Å². The molecule has 5 N–H and O–H groups in total. The summed E-state index contributed by atoms with van der Waals surface area (Å²) in [4.78, 5) is 58.4. The number of nitrogens with zero attached hydrogens (tertiary/aromatic N) is 3. The van der Waals surface area contributed by atoms with Gasteiger partial charge in [0.15, 0.2) is 0 Å². The number of carboxylic acids is 2. The quantitative estimate of drug-likeness (QED) is 0.0421. The number of H-pyrrole nitrogens is 2. The first-order valence-corrected chi connectivity index (χ1v) is 26.5. The largest absolute Gasteiger partial charge is 0.481 e. The predicted molar refractivity (Wildman–Crippen MR) is 300 cm³/mol. The van der Waals surface area contributed by atoms with Gasteiger partial charge in [0.1, 0.15) is 12.1 Å². The average Bonchev–Trinajstić information content (AvgIpc) is 4.02. The van der Waals surface area contributed by atoms with Gasteiger partial charge in [0.25, 0.3) is 11.8 Å². The molecule has 0 spiro atoms. The summed E-state index contributed by atoms with van der Waals surface area (Å²) in [6.07, 6.45) is 31.3. The molecule has 5 rings (SSSR count). The zero-order valence-corrected chi connectivity index (χ0v) is 45.6. The SMILES string of the molecule is C=CC1=C(C)C(C=c2[nH]/c(=C\c3[nH]c(/C=C4\NC(=O)C(C)=C4C=C)c(C)c3CCC(=O)O)c(CCC(=O)O)c2C)=NC1=O.CCCCCCCCCCc1ccc(CCCCCCCCCC)c(C#N)c1C#N.Cl. The summed E-state index contributed by atoms with van der Waals surface area (Å²) in [6.45, 7) is 19.3.